The molecule has 1 saturated carbocycles. The fraction of sp³-hybridized carbons (Fsp3) is 0.382. The minimum atomic E-state index is -0.982. The number of carbonyl (C=O) groups is 3. The number of ketones is 1. The number of carboxylic acids is 1. The molecule has 0 radical (unpaired) electrons. The number of fused-ring (bicyclic) bond motifs is 5. The van der Waals surface area contributed by atoms with Gasteiger partial charge in [-0.05, 0) is 95.8 Å². The summed E-state index contributed by atoms with van der Waals surface area (Å²) in [6.07, 6.45) is 9.40. The third kappa shape index (κ3) is 5.45. The van der Waals surface area contributed by atoms with Crippen molar-refractivity contribution in [3.63, 3.8) is 0 Å². The second-order valence-electron chi connectivity index (χ2n) is 11.2. The summed E-state index contributed by atoms with van der Waals surface area (Å²) in [7, 11) is 5.12. The largest absolute Gasteiger partial charge is 0.497 e. The molecule has 1 atom stereocenters. The molecule has 2 aromatic rings. The Labute approximate surface area is 241 Å². The molecule has 7 nitrogen and oxygen atoms in total. The molecule has 1 N–H and O–H groups in total. The monoisotopic (exact) mass is 555 g/mol. The molecule has 0 aliphatic heterocycles. The molecular formula is C34H37NO6. The average Bonchev–Trinajstić information content (AvgIpc) is 3.18. The van der Waals surface area contributed by atoms with Gasteiger partial charge in [-0.3, -0.25) is 4.79 Å². The first-order chi connectivity index (χ1) is 19.7. The van der Waals surface area contributed by atoms with Crippen molar-refractivity contribution in [3.8, 4) is 5.75 Å². The van der Waals surface area contributed by atoms with Crippen LogP contribution < -0.4 is 4.74 Å². The van der Waals surface area contributed by atoms with Crippen LogP contribution in [0.15, 0.2) is 53.7 Å². The summed E-state index contributed by atoms with van der Waals surface area (Å²) in [6.45, 7) is 1.87. The van der Waals surface area contributed by atoms with Gasteiger partial charge in [0.2, 0.25) is 0 Å². The normalized spacial score (nSPS) is 18.5. The summed E-state index contributed by atoms with van der Waals surface area (Å²) in [4.78, 5) is 40.7. The summed E-state index contributed by atoms with van der Waals surface area (Å²) in [5.74, 6) is -1.24. The Kier molecular flexibility index (Phi) is 8.15. The van der Waals surface area contributed by atoms with E-state index in [1.807, 2.05) is 24.3 Å². The average molecular weight is 556 g/mol. The molecule has 0 heterocycles. The SMILES string of the molecule is CCOC(=O)C(=CN(C)C)C(=O)C1=Cc2cc(OC)ccc2C2=C(C3CCCCC3)c3ccc(C(=O)O)cc3C2C1. The molecule has 3 aliphatic rings. The first-order valence-electron chi connectivity index (χ1n) is 14.3. The van der Waals surface area contributed by atoms with Gasteiger partial charge in [0.25, 0.3) is 0 Å². The van der Waals surface area contributed by atoms with E-state index in [0.29, 0.717) is 23.7 Å². The van der Waals surface area contributed by atoms with Gasteiger partial charge in [0.15, 0.2) is 5.78 Å². The number of methoxy groups -OCH3 is 1. The number of hydrogen-bond donors (Lipinski definition) is 1. The van der Waals surface area contributed by atoms with Gasteiger partial charge in [-0.15, -0.1) is 0 Å². The highest BCUT2D eigenvalue weighted by molar-refractivity contribution is 6.25. The zero-order valence-corrected chi connectivity index (χ0v) is 24.2. The first-order valence-corrected chi connectivity index (χ1v) is 14.3. The quantitative estimate of drug-likeness (QED) is 0.176. The fourth-order valence-electron chi connectivity index (χ4n) is 6.59. The number of benzene rings is 2. The smallest absolute Gasteiger partial charge is 0.343 e. The van der Waals surface area contributed by atoms with Gasteiger partial charge in [-0.1, -0.05) is 31.4 Å². The van der Waals surface area contributed by atoms with Crippen LogP contribution in [-0.4, -0.2) is 55.5 Å². The highest BCUT2D eigenvalue weighted by Gasteiger charge is 2.40. The highest BCUT2D eigenvalue weighted by atomic mass is 16.5. The molecule has 41 heavy (non-hydrogen) atoms. The van der Waals surface area contributed by atoms with Crippen LogP contribution in [0.2, 0.25) is 0 Å². The second kappa shape index (κ2) is 11.8. The van der Waals surface area contributed by atoms with Crippen molar-refractivity contribution in [2.75, 3.05) is 27.8 Å². The van der Waals surface area contributed by atoms with E-state index in [9.17, 15) is 19.5 Å². The van der Waals surface area contributed by atoms with Crippen molar-refractivity contribution in [2.24, 2.45) is 5.92 Å². The van der Waals surface area contributed by atoms with Crippen molar-refractivity contribution in [1.29, 1.82) is 0 Å². The third-order valence-corrected chi connectivity index (χ3v) is 8.34. The van der Waals surface area contributed by atoms with E-state index >= 15 is 0 Å². The van der Waals surface area contributed by atoms with Crippen molar-refractivity contribution >= 4 is 34.9 Å². The van der Waals surface area contributed by atoms with Gasteiger partial charge in [0.1, 0.15) is 11.3 Å². The van der Waals surface area contributed by atoms with Crippen LogP contribution in [0.3, 0.4) is 0 Å². The highest BCUT2D eigenvalue weighted by Crippen LogP contribution is 2.56. The fourth-order valence-corrected chi connectivity index (χ4v) is 6.59. The van der Waals surface area contributed by atoms with Gasteiger partial charge in [-0.25, -0.2) is 9.59 Å². The topological polar surface area (TPSA) is 93.1 Å². The zero-order chi connectivity index (χ0) is 29.3. The first kappa shape index (κ1) is 28.4. The molecule has 0 spiro atoms. The number of Topliss-reactive ketones (excluding diaryl/α,β-unsaturated/α-hetero) is 1. The van der Waals surface area contributed by atoms with Gasteiger partial charge >= 0.3 is 11.9 Å². The van der Waals surface area contributed by atoms with Gasteiger partial charge in [0.05, 0.1) is 19.3 Å². The maximum atomic E-state index is 14.1. The molecule has 0 amide bonds. The van der Waals surface area contributed by atoms with Gasteiger partial charge in [0, 0.05) is 31.8 Å². The lowest BCUT2D eigenvalue weighted by Crippen LogP contribution is -2.21. The van der Waals surface area contributed by atoms with E-state index < -0.39 is 17.7 Å². The van der Waals surface area contributed by atoms with Crippen LogP contribution in [0.25, 0.3) is 17.2 Å². The van der Waals surface area contributed by atoms with Crippen molar-refractivity contribution in [1.82, 2.24) is 4.90 Å². The van der Waals surface area contributed by atoms with Crippen LogP contribution in [0, 0.1) is 5.92 Å². The molecular weight excluding hydrogens is 518 g/mol. The number of allylic oxidation sites excluding steroid dienone is 3. The lowest BCUT2D eigenvalue weighted by atomic mass is 9.78. The number of nitrogens with zero attached hydrogens (tertiary/aromatic N) is 1. The predicted molar refractivity (Wildman–Crippen MR) is 159 cm³/mol. The van der Waals surface area contributed by atoms with Gasteiger partial charge < -0.3 is 19.5 Å². The van der Waals surface area contributed by atoms with E-state index in [1.54, 1.807) is 45.2 Å². The predicted octanol–water partition coefficient (Wildman–Crippen LogP) is 6.35. The number of hydrogen-bond acceptors (Lipinski definition) is 6. The lowest BCUT2D eigenvalue weighted by molar-refractivity contribution is -0.139. The van der Waals surface area contributed by atoms with Crippen LogP contribution in [-0.2, 0) is 14.3 Å². The summed E-state index contributed by atoms with van der Waals surface area (Å²) in [5.41, 5.74) is 6.94. The number of carboxylic acid groups (broad SMARTS) is 1. The maximum absolute atomic E-state index is 14.1. The number of carbonyl (C=O) groups excluding carboxylic acids is 2. The molecule has 1 fully saturated rings. The van der Waals surface area contributed by atoms with Crippen molar-refractivity contribution in [2.45, 2.75) is 51.4 Å². The van der Waals surface area contributed by atoms with Crippen LogP contribution >= 0.6 is 0 Å². The molecule has 7 heteroatoms. The maximum Gasteiger partial charge on any atom is 0.343 e. The molecule has 0 aromatic heterocycles. The lowest BCUT2D eigenvalue weighted by Gasteiger charge is -2.26. The Bertz CT molecular complexity index is 1490. The number of rotatable bonds is 8. The second-order valence-corrected chi connectivity index (χ2v) is 11.2. The van der Waals surface area contributed by atoms with Crippen LogP contribution in [0.5, 0.6) is 5.75 Å². The Balaban J connectivity index is 1.74. The number of aromatic carboxylic acids is 1. The Morgan fingerprint density at radius 1 is 1.00 bits per heavy atom. The molecule has 1 unspecified atom stereocenters. The molecule has 5 rings (SSSR count). The van der Waals surface area contributed by atoms with Crippen LogP contribution in [0.1, 0.15) is 84.0 Å². The number of esters is 1. The minimum absolute atomic E-state index is 0.0370. The Morgan fingerprint density at radius 3 is 2.39 bits per heavy atom. The molecule has 0 saturated heterocycles. The molecule has 3 aliphatic carbocycles. The molecule has 2 aromatic carbocycles. The Morgan fingerprint density at radius 2 is 1.73 bits per heavy atom. The van der Waals surface area contributed by atoms with Crippen LogP contribution in [0.4, 0.5) is 0 Å². The van der Waals surface area contributed by atoms with Gasteiger partial charge in [-0.2, -0.15) is 0 Å². The summed E-state index contributed by atoms with van der Waals surface area (Å²) < 4.78 is 10.8. The standard InChI is InChI=1S/C34H37NO6/c1-5-41-34(39)29(19-35(2)3)32(36)23-15-22-16-24(40-4)12-14-25(22)31-28(18-23)27-17-21(33(37)38)11-13-26(27)30(31)20-9-7-6-8-10-20/h11-17,19-20,28H,5-10,18H2,1-4H3,(H,37,38). The molecule has 0 bridgehead atoms. The zero-order valence-electron chi connectivity index (χ0n) is 24.2. The minimum Gasteiger partial charge on any atom is -0.497 e. The summed E-state index contributed by atoms with van der Waals surface area (Å²) in [5, 5.41) is 9.85. The van der Waals surface area contributed by atoms with E-state index in [0.717, 1.165) is 53.5 Å². The van der Waals surface area contributed by atoms with E-state index in [4.69, 9.17) is 9.47 Å². The van der Waals surface area contributed by atoms with E-state index in [2.05, 4.69) is 6.07 Å². The molecule has 214 valence electrons. The van der Waals surface area contributed by atoms with E-state index in [-0.39, 0.29) is 23.7 Å². The summed E-state index contributed by atoms with van der Waals surface area (Å²) in [6, 6.07) is 11.3. The van der Waals surface area contributed by atoms with Crippen molar-refractivity contribution in [3.05, 3.63) is 81.6 Å². The Hall–Kier alpha value is -4.13. The number of ether oxygens (including phenoxy) is 2. The third-order valence-electron chi connectivity index (χ3n) is 8.34. The van der Waals surface area contributed by atoms with Crippen molar-refractivity contribution < 1.29 is 29.0 Å². The summed E-state index contributed by atoms with van der Waals surface area (Å²) >= 11 is 0. The van der Waals surface area contributed by atoms with E-state index in [1.165, 1.54) is 18.2 Å².